The minimum Gasteiger partial charge on any atom is -0.457 e. The van der Waals surface area contributed by atoms with E-state index >= 15 is 0 Å². The molecule has 1 rings (SSSR count). The summed E-state index contributed by atoms with van der Waals surface area (Å²) >= 11 is 0. The first-order chi connectivity index (χ1) is 5.58. The number of hydrogen-bond donors (Lipinski definition) is 0. The lowest BCUT2D eigenvalue weighted by atomic mass is 10.0. The SMILES string of the molecule is CC1OC(=O)C(C)C1(OP)OP. The smallest absolute Gasteiger partial charge is 0.314 e. The molecule has 1 aliphatic rings. The molecule has 70 valence electrons. The number of rotatable bonds is 2. The van der Waals surface area contributed by atoms with Crippen molar-refractivity contribution in [2.45, 2.75) is 25.7 Å². The van der Waals surface area contributed by atoms with Gasteiger partial charge in [0.15, 0.2) is 6.10 Å². The Hall–Kier alpha value is 0.250. The Kier molecular flexibility index (Phi) is 3.06. The number of ether oxygens (including phenoxy) is 1. The molecule has 0 aliphatic carbocycles. The highest BCUT2D eigenvalue weighted by Gasteiger charge is 2.54. The molecule has 1 heterocycles. The van der Waals surface area contributed by atoms with E-state index in [2.05, 4.69) is 18.9 Å². The Morgan fingerprint density at radius 2 is 1.92 bits per heavy atom. The van der Waals surface area contributed by atoms with Gasteiger partial charge in [0.1, 0.15) is 5.92 Å². The van der Waals surface area contributed by atoms with Gasteiger partial charge in [0.05, 0.1) is 0 Å². The largest absolute Gasteiger partial charge is 0.457 e. The molecule has 0 radical (unpaired) electrons. The number of cyclic esters (lactones) is 1. The lowest BCUT2D eigenvalue weighted by molar-refractivity contribution is -0.148. The van der Waals surface area contributed by atoms with Crippen LogP contribution in [0.4, 0.5) is 0 Å². The highest BCUT2D eigenvalue weighted by Crippen LogP contribution is 2.39. The van der Waals surface area contributed by atoms with Crippen LogP contribution in [0.2, 0.25) is 0 Å². The van der Waals surface area contributed by atoms with Crippen molar-refractivity contribution in [2.75, 3.05) is 0 Å². The second-order valence-electron chi connectivity index (χ2n) is 2.76. The molecule has 6 heteroatoms. The molecule has 0 amide bonds. The summed E-state index contributed by atoms with van der Waals surface area (Å²) in [4.78, 5) is 11.1. The summed E-state index contributed by atoms with van der Waals surface area (Å²) in [7, 11) is 4.18. The fourth-order valence-corrected chi connectivity index (χ4v) is 2.31. The first-order valence-corrected chi connectivity index (χ1v) is 4.49. The molecule has 0 bridgehead atoms. The van der Waals surface area contributed by atoms with E-state index in [-0.39, 0.29) is 5.97 Å². The van der Waals surface area contributed by atoms with Crippen molar-refractivity contribution in [1.29, 1.82) is 0 Å². The Morgan fingerprint density at radius 3 is 2.08 bits per heavy atom. The van der Waals surface area contributed by atoms with Crippen LogP contribution >= 0.6 is 18.9 Å². The Balaban J connectivity index is 2.92. The molecule has 0 aromatic heterocycles. The van der Waals surface area contributed by atoms with Crippen molar-refractivity contribution in [2.24, 2.45) is 5.92 Å². The van der Waals surface area contributed by atoms with Gasteiger partial charge < -0.3 is 13.8 Å². The molecule has 4 unspecified atom stereocenters. The van der Waals surface area contributed by atoms with Crippen molar-refractivity contribution < 1.29 is 18.6 Å². The van der Waals surface area contributed by atoms with Crippen LogP contribution < -0.4 is 0 Å². The van der Waals surface area contributed by atoms with Crippen molar-refractivity contribution in [1.82, 2.24) is 0 Å². The molecule has 0 aromatic carbocycles. The second-order valence-corrected chi connectivity index (χ2v) is 3.23. The van der Waals surface area contributed by atoms with Crippen LogP contribution in [-0.2, 0) is 18.6 Å². The number of esters is 1. The van der Waals surface area contributed by atoms with Crippen LogP contribution in [0.25, 0.3) is 0 Å². The maximum atomic E-state index is 11.1. The van der Waals surface area contributed by atoms with Crippen molar-refractivity contribution in [3.8, 4) is 0 Å². The summed E-state index contributed by atoms with van der Waals surface area (Å²) < 4.78 is 15.1. The van der Waals surface area contributed by atoms with Gasteiger partial charge >= 0.3 is 5.97 Å². The van der Waals surface area contributed by atoms with Gasteiger partial charge in [0.25, 0.3) is 0 Å². The van der Waals surface area contributed by atoms with E-state index in [0.717, 1.165) is 0 Å². The molecular weight excluding hydrogens is 198 g/mol. The molecule has 1 fully saturated rings. The molecule has 4 nitrogen and oxygen atoms in total. The maximum Gasteiger partial charge on any atom is 0.314 e. The summed E-state index contributed by atoms with van der Waals surface area (Å²) in [5.74, 6) is -1.69. The summed E-state index contributed by atoms with van der Waals surface area (Å²) in [5, 5.41) is 0. The maximum absolute atomic E-state index is 11.1. The van der Waals surface area contributed by atoms with Crippen LogP contribution in [-0.4, -0.2) is 17.9 Å². The van der Waals surface area contributed by atoms with Gasteiger partial charge in [-0.3, -0.25) is 4.79 Å². The van der Waals surface area contributed by atoms with E-state index in [1.165, 1.54) is 0 Å². The minimum atomic E-state index is -0.980. The quantitative estimate of drug-likeness (QED) is 0.385. The van der Waals surface area contributed by atoms with Crippen LogP contribution in [0.1, 0.15) is 13.8 Å². The van der Waals surface area contributed by atoms with Gasteiger partial charge in [-0.05, 0) is 13.8 Å². The van der Waals surface area contributed by atoms with Gasteiger partial charge in [-0.15, -0.1) is 0 Å². The van der Waals surface area contributed by atoms with Gasteiger partial charge in [-0.1, -0.05) is 0 Å². The third-order valence-electron chi connectivity index (χ3n) is 2.19. The normalized spacial score (nSPS) is 33.5. The van der Waals surface area contributed by atoms with E-state index in [1.807, 2.05) is 0 Å². The predicted molar refractivity (Wildman–Crippen MR) is 49.0 cm³/mol. The Morgan fingerprint density at radius 1 is 1.42 bits per heavy atom. The third-order valence-corrected chi connectivity index (χ3v) is 2.92. The van der Waals surface area contributed by atoms with E-state index < -0.39 is 17.8 Å². The first-order valence-electron chi connectivity index (χ1n) is 3.54. The standard InChI is InChI=1S/C6H12O4P2/c1-3-5(7)8-4(2)6(3,9-11)10-12/h3-4H,11-12H2,1-2H3. The molecule has 0 N–H and O–H groups in total. The zero-order valence-corrected chi connectivity index (χ0v) is 9.25. The molecule has 12 heavy (non-hydrogen) atoms. The molecule has 0 spiro atoms. The second kappa shape index (κ2) is 3.55. The van der Waals surface area contributed by atoms with E-state index in [0.29, 0.717) is 0 Å². The first kappa shape index (κ1) is 10.3. The van der Waals surface area contributed by atoms with Crippen LogP contribution in [0.3, 0.4) is 0 Å². The molecule has 1 aliphatic heterocycles. The van der Waals surface area contributed by atoms with E-state index in [9.17, 15) is 4.79 Å². The summed E-state index contributed by atoms with van der Waals surface area (Å²) in [5.41, 5.74) is 0. The van der Waals surface area contributed by atoms with Crippen LogP contribution in [0.15, 0.2) is 0 Å². The highest BCUT2D eigenvalue weighted by atomic mass is 31.0. The van der Waals surface area contributed by atoms with Crippen LogP contribution in [0, 0.1) is 5.92 Å². The molecule has 4 atom stereocenters. The molecular formula is C6H12O4P2. The van der Waals surface area contributed by atoms with Gasteiger partial charge in [-0.2, -0.15) is 0 Å². The highest BCUT2D eigenvalue weighted by molar-refractivity contribution is 7.10. The zero-order chi connectivity index (χ0) is 9.35. The van der Waals surface area contributed by atoms with Crippen LogP contribution in [0.5, 0.6) is 0 Å². The lowest BCUT2D eigenvalue weighted by Crippen LogP contribution is -2.42. The van der Waals surface area contributed by atoms with Crippen molar-refractivity contribution in [3.05, 3.63) is 0 Å². The average molecular weight is 210 g/mol. The third kappa shape index (κ3) is 1.27. The van der Waals surface area contributed by atoms with Crippen molar-refractivity contribution in [3.63, 3.8) is 0 Å². The Bertz CT molecular complexity index is 192. The fourth-order valence-electron chi connectivity index (χ4n) is 1.30. The topological polar surface area (TPSA) is 44.8 Å². The number of carbonyl (C=O) groups is 1. The average Bonchev–Trinajstić information content (AvgIpc) is 2.26. The van der Waals surface area contributed by atoms with Gasteiger partial charge in [0.2, 0.25) is 5.79 Å². The van der Waals surface area contributed by atoms with E-state index in [4.69, 9.17) is 13.8 Å². The molecule has 0 saturated carbocycles. The predicted octanol–water partition coefficient (Wildman–Crippen LogP) is 0.877. The number of carbonyl (C=O) groups excluding carboxylic acids is 1. The Labute approximate surface area is 75.9 Å². The monoisotopic (exact) mass is 210 g/mol. The fraction of sp³-hybridized carbons (Fsp3) is 0.833. The van der Waals surface area contributed by atoms with E-state index in [1.54, 1.807) is 13.8 Å². The summed E-state index contributed by atoms with van der Waals surface area (Å²) in [6.45, 7) is 3.44. The lowest BCUT2D eigenvalue weighted by Gasteiger charge is -2.29. The van der Waals surface area contributed by atoms with Crippen molar-refractivity contribution >= 4 is 24.9 Å². The summed E-state index contributed by atoms with van der Waals surface area (Å²) in [6.07, 6.45) is -0.394. The van der Waals surface area contributed by atoms with Gasteiger partial charge in [-0.25, -0.2) is 0 Å². The van der Waals surface area contributed by atoms with Gasteiger partial charge in [0, 0.05) is 18.9 Å². The zero-order valence-electron chi connectivity index (χ0n) is 6.94. The molecule has 1 saturated heterocycles. The number of hydrogen-bond acceptors (Lipinski definition) is 4. The summed E-state index contributed by atoms with van der Waals surface area (Å²) in [6, 6.07) is 0. The minimum absolute atomic E-state index is 0.299. The molecule has 0 aromatic rings.